The van der Waals surface area contributed by atoms with E-state index in [2.05, 4.69) is 43.4 Å². The van der Waals surface area contributed by atoms with Gasteiger partial charge in [0.2, 0.25) is 0 Å². The fraction of sp³-hybridized carbons (Fsp3) is 0.571. The van der Waals surface area contributed by atoms with Gasteiger partial charge in [-0.3, -0.25) is 4.21 Å². The van der Waals surface area contributed by atoms with Crippen molar-refractivity contribution < 1.29 is 4.21 Å². The number of benzene rings is 1. The third kappa shape index (κ3) is 2.96. The third-order valence-corrected chi connectivity index (χ3v) is 5.16. The Hall–Kier alpha value is -0.670. The monoisotopic (exact) mass is 251 g/mol. The Bertz CT molecular complexity index is 399. The maximum atomic E-state index is 11.8. The summed E-state index contributed by atoms with van der Waals surface area (Å²) in [5.74, 6) is 1.31. The number of hydrogen-bond donors (Lipinski definition) is 1. The Morgan fingerprint density at radius 2 is 1.94 bits per heavy atom. The Balaban J connectivity index is 2.10. The largest absolute Gasteiger partial charge is 0.308 e. The summed E-state index contributed by atoms with van der Waals surface area (Å²) in [5.41, 5.74) is 2.62. The van der Waals surface area contributed by atoms with Gasteiger partial charge in [0, 0.05) is 34.4 Å². The summed E-state index contributed by atoms with van der Waals surface area (Å²) < 4.78 is 11.8. The minimum atomic E-state index is -0.692. The van der Waals surface area contributed by atoms with E-state index in [0.717, 1.165) is 12.3 Å². The van der Waals surface area contributed by atoms with Crippen LogP contribution >= 0.6 is 0 Å². The van der Waals surface area contributed by atoms with Crippen molar-refractivity contribution in [1.82, 2.24) is 5.32 Å². The van der Waals surface area contributed by atoms with E-state index in [4.69, 9.17) is 0 Å². The molecule has 0 amide bonds. The van der Waals surface area contributed by atoms with Crippen molar-refractivity contribution in [2.24, 2.45) is 0 Å². The van der Waals surface area contributed by atoms with Crippen LogP contribution in [0.3, 0.4) is 0 Å². The maximum Gasteiger partial charge on any atom is 0.0445 e. The lowest BCUT2D eigenvalue weighted by Crippen LogP contribution is -2.41. The van der Waals surface area contributed by atoms with Crippen molar-refractivity contribution in [3.05, 3.63) is 35.4 Å². The molecule has 3 unspecified atom stereocenters. The molecule has 1 aliphatic rings. The average molecular weight is 251 g/mol. The lowest BCUT2D eigenvalue weighted by molar-refractivity contribution is 0.540. The summed E-state index contributed by atoms with van der Waals surface area (Å²) in [7, 11) is -0.692. The molecule has 1 N–H and O–H groups in total. The molecule has 0 saturated carbocycles. The van der Waals surface area contributed by atoms with E-state index in [1.165, 1.54) is 11.1 Å². The molecule has 1 fully saturated rings. The standard InChI is InChI=1S/C14H21NOS/c1-10(2)12-4-6-13(7-5-12)14-9-17(16)11(3)8-15-14/h4-7,10-11,14-15H,8-9H2,1-3H3. The van der Waals surface area contributed by atoms with Crippen molar-refractivity contribution in [2.45, 2.75) is 38.0 Å². The molecule has 3 heteroatoms. The maximum absolute atomic E-state index is 11.8. The van der Waals surface area contributed by atoms with E-state index in [0.29, 0.717) is 5.92 Å². The van der Waals surface area contributed by atoms with Gasteiger partial charge >= 0.3 is 0 Å². The smallest absolute Gasteiger partial charge is 0.0445 e. The summed E-state index contributed by atoms with van der Waals surface area (Å²) in [6.45, 7) is 7.29. The van der Waals surface area contributed by atoms with Crippen molar-refractivity contribution in [1.29, 1.82) is 0 Å². The van der Waals surface area contributed by atoms with E-state index >= 15 is 0 Å². The molecule has 1 saturated heterocycles. The van der Waals surface area contributed by atoms with Gasteiger partial charge in [0.15, 0.2) is 0 Å². The van der Waals surface area contributed by atoms with E-state index < -0.39 is 10.8 Å². The second kappa shape index (κ2) is 5.32. The first-order chi connectivity index (χ1) is 8.08. The van der Waals surface area contributed by atoms with Crippen LogP contribution in [0.1, 0.15) is 43.9 Å². The molecule has 3 atom stereocenters. The van der Waals surface area contributed by atoms with Crippen LogP contribution in [0.2, 0.25) is 0 Å². The zero-order valence-electron chi connectivity index (χ0n) is 10.8. The summed E-state index contributed by atoms with van der Waals surface area (Å²) in [6, 6.07) is 8.96. The van der Waals surface area contributed by atoms with Gasteiger partial charge in [-0.2, -0.15) is 0 Å². The highest BCUT2D eigenvalue weighted by Crippen LogP contribution is 2.22. The highest BCUT2D eigenvalue weighted by atomic mass is 32.2. The first kappa shape index (κ1) is 12.8. The fourth-order valence-corrected chi connectivity index (χ4v) is 3.37. The highest BCUT2D eigenvalue weighted by Gasteiger charge is 2.24. The van der Waals surface area contributed by atoms with Gasteiger partial charge in [-0.25, -0.2) is 0 Å². The van der Waals surface area contributed by atoms with Gasteiger partial charge in [-0.1, -0.05) is 38.1 Å². The van der Waals surface area contributed by atoms with Crippen LogP contribution in [0.15, 0.2) is 24.3 Å². The van der Waals surface area contributed by atoms with Crippen LogP contribution < -0.4 is 5.32 Å². The quantitative estimate of drug-likeness (QED) is 0.875. The third-order valence-electron chi connectivity index (χ3n) is 3.44. The Labute approximate surface area is 106 Å². The molecule has 0 aromatic heterocycles. The minimum Gasteiger partial charge on any atom is -0.308 e. The molecule has 0 bridgehead atoms. The van der Waals surface area contributed by atoms with Crippen LogP contribution in [0.25, 0.3) is 0 Å². The molecule has 2 rings (SSSR count). The van der Waals surface area contributed by atoms with Crippen LogP contribution in [0, 0.1) is 0 Å². The molecule has 1 aromatic rings. The molecular formula is C14H21NOS. The summed E-state index contributed by atoms with van der Waals surface area (Å²) in [4.78, 5) is 0. The number of hydrogen-bond acceptors (Lipinski definition) is 2. The fourth-order valence-electron chi connectivity index (χ4n) is 2.12. The van der Waals surface area contributed by atoms with Crippen molar-refractivity contribution in [2.75, 3.05) is 12.3 Å². The average Bonchev–Trinajstić information content (AvgIpc) is 2.33. The Morgan fingerprint density at radius 3 is 2.47 bits per heavy atom. The lowest BCUT2D eigenvalue weighted by Gasteiger charge is -2.27. The van der Waals surface area contributed by atoms with E-state index in [1.54, 1.807) is 0 Å². The van der Waals surface area contributed by atoms with E-state index in [-0.39, 0.29) is 11.3 Å². The van der Waals surface area contributed by atoms with Gasteiger partial charge < -0.3 is 5.32 Å². The predicted molar refractivity (Wildman–Crippen MR) is 73.7 cm³/mol. The van der Waals surface area contributed by atoms with Crippen molar-refractivity contribution in [3.63, 3.8) is 0 Å². The zero-order chi connectivity index (χ0) is 12.4. The van der Waals surface area contributed by atoms with Gasteiger partial charge in [0.25, 0.3) is 0 Å². The van der Waals surface area contributed by atoms with Gasteiger partial charge in [-0.05, 0) is 24.0 Å². The van der Waals surface area contributed by atoms with Crippen LogP contribution in [-0.4, -0.2) is 21.8 Å². The second-order valence-corrected chi connectivity index (χ2v) is 7.04. The molecule has 0 spiro atoms. The summed E-state index contributed by atoms with van der Waals surface area (Å²) >= 11 is 0. The van der Waals surface area contributed by atoms with Crippen molar-refractivity contribution in [3.8, 4) is 0 Å². The Kier molecular flexibility index (Phi) is 4.00. The highest BCUT2D eigenvalue weighted by molar-refractivity contribution is 7.85. The molecule has 1 aliphatic heterocycles. The van der Waals surface area contributed by atoms with Crippen LogP contribution in [0.5, 0.6) is 0 Å². The lowest BCUT2D eigenvalue weighted by atomic mass is 9.99. The summed E-state index contributed by atoms with van der Waals surface area (Å²) in [5, 5.41) is 3.75. The molecule has 17 heavy (non-hydrogen) atoms. The molecule has 1 aromatic carbocycles. The van der Waals surface area contributed by atoms with Crippen LogP contribution in [-0.2, 0) is 10.8 Å². The molecule has 0 radical (unpaired) electrons. The Morgan fingerprint density at radius 1 is 1.29 bits per heavy atom. The molecule has 94 valence electrons. The minimum absolute atomic E-state index is 0.258. The number of nitrogens with one attached hydrogen (secondary N) is 1. The second-order valence-electron chi connectivity index (χ2n) is 5.14. The van der Waals surface area contributed by atoms with Gasteiger partial charge in [0.1, 0.15) is 0 Å². The molecule has 2 nitrogen and oxygen atoms in total. The molecule has 1 heterocycles. The predicted octanol–water partition coefficient (Wildman–Crippen LogP) is 2.59. The van der Waals surface area contributed by atoms with E-state index in [9.17, 15) is 4.21 Å². The first-order valence-electron chi connectivity index (χ1n) is 6.28. The molecule has 0 aliphatic carbocycles. The zero-order valence-corrected chi connectivity index (χ0v) is 11.6. The summed E-state index contributed by atoms with van der Waals surface area (Å²) in [6.07, 6.45) is 0. The molecular weight excluding hydrogens is 230 g/mol. The normalized spacial score (nSPS) is 29.5. The number of rotatable bonds is 2. The first-order valence-corrected chi connectivity index (χ1v) is 7.66. The SMILES string of the molecule is CC(C)c1ccc(C2CS(=O)C(C)CN2)cc1. The topological polar surface area (TPSA) is 29.1 Å². The van der Waals surface area contributed by atoms with Gasteiger partial charge in [-0.15, -0.1) is 0 Å². The van der Waals surface area contributed by atoms with Crippen LogP contribution in [0.4, 0.5) is 0 Å². The van der Waals surface area contributed by atoms with Crippen molar-refractivity contribution >= 4 is 10.8 Å². The van der Waals surface area contributed by atoms with Gasteiger partial charge in [0.05, 0.1) is 0 Å². The van der Waals surface area contributed by atoms with E-state index in [1.807, 2.05) is 6.92 Å².